The summed E-state index contributed by atoms with van der Waals surface area (Å²) < 4.78 is 10.7. The third-order valence-electron chi connectivity index (χ3n) is 6.57. The summed E-state index contributed by atoms with van der Waals surface area (Å²) in [5.74, 6) is -1.27. The first-order valence-electron chi connectivity index (χ1n) is 12.6. The number of unbranched alkanes of at least 4 members (excludes halogenated alkanes) is 1. The molecule has 2 heterocycles. The number of nitrogens with zero attached hydrogens (tertiary/aromatic N) is 2. The van der Waals surface area contributed by atoms with E-state index in [9.17, 15) is 19.2 Å². The Morgan fingerprint density at radius 3 is 2.51 bits per heavy atom. The molecule has 1 aliphatic rings. The van der Waals surface area contributed by atoms with Crippen LogP contribution in [0.2, 0.25) is 0 Å². The zero-order valence-corrected chi connectivity index (χ0v) is 22.1. The van der Waals surface area contributed by atoms with Crippen molar-refractivity contribution in [2.75, 3.05) is 13.1 Å². The lowest BCUT2D eigenvalue weighted by molar-refractivity contribution is -0.139. The van der Waals surface area contributed by atoms with Crippen LogP contribution in [0.3, 0.4) is 0 Å². The first kappa shape index (κ1) is 27.9. The number of aromatic nitrogens is 1. The molecular formula is C27H36N4O6. The van der Waals surface area contributed by atoms with Gasteiger partial charge in [-0.15, -0.1) is 0 Å². The summed E-state index contributed by atoms with van der Waals surface area (Å²) in [6.07, 6.45) is 0.326. The quantitative estimate of drug-likeness (QED) is 0.465. The van der Waals surface area contributed by atoms with Gasteiger partial charge in [0.05, 0.1) is 12.6 Å². The molecule has 1 fully saturated rings. The highest BCUT2D eigenvalue weighted by Crippen LogP contribution is 2.33. The Hall–Kier alpha value is -3.69. The van der Waals surface area contributed by atoms with Gasteiger partial charge in [-0.3, -0.25) is 14.4 Å². The molecule has 10 heteroatoms. The molecule has 3 amide bonds. The van der Waals surface area contributed by atoms with Crippen molar-refractivity contribution >= 4 is 23.7 Å². The fraction of sp³-hybridized carbons (Fsp3) is 0.519. The van der Waals surface area contributed by atoms with E-state index in [1.54, 1.807) is 24.8 Å². The maximum atomic E-state index is 13.0. The molecule has 37 heavy (non-hydrogen) atoms. The molecule has 1 aliphatic heterocycles. The summed E-state index contributed by atoms with van der Waals surface area (Å²) in [6, 6.07) is 9.48. The van der Waals surface area contributed by atoms with Crippen molar-refractivity contribution < 1.29 is 28.4 Å². The number of hydrogen-bond donors (Lipinski definition) is 2. The zero-order chi connectivity index (χ0) is 27.2. The van der Waals surface area contributed by atoms with E-state index in [0.717, 1.165) is 12.0 Å². The van der Waals surface area contributed by atoms with Gasteiger partial charge in [-0.25, -0.2) is 4.79 Å². The molecule has 1 aromatic heterocycles. The predicted molar refractivity (Wildman–Crippen MR) is 136 cm³/mol. The molecule has 0 radical (unpaired) electrons. The van der Waals surface area contributed by atoms with Crippen molar-refractivity contribution in [3.8, 4) is 0 Å². The summed E-state index contributed by atoms with van der Waals surface area (Å²) in [5.41, 5.74) is 0.529. The van der Waals surface area contributed by atoms with Crippen molar-refractivity contribution in [3.63, 3.8) is 0 Å². The van der Waals surface area contributed by atoms with Crippen LogP contribution in [0.4, 0.5) is 4.79 Å². The number of nitrogens with one attached hydrogen (secondary N) is 2. The van der Waals surface area contributed by atoms with Crippen LogP contribution in [0.5, 0.6) is 0 Å². The smallest absolute Gasteiger partial charge is 0.408 e. The fourth-order valence-electron chi connectivity index (χ4n) is 4.32. The van der Waals surface area contributed by atoms with Crippen LogP contribution in [0.15, 0.2) is 40.9 Å². The number of benzene rings is 1. The number of Topliss-reactive ketones (excluding diaryl/α,β-unsaturated/α-hetero) is 1. The number of alkyl carbamates (subject to hydrolysis) is 1. The summed E-state index contributed by atoms with van der Waals surface area (Å²) >= 11 is 0. The Morgan fingerprint density at radius 2 is 1.89 bits per heavy atom. The molecule has 0 spiro atoms. The second kappa shape index (κ2) is 12.0. The number of ether oxygens (including phenoxy) is 1. The van der Waals surface area contributed by atoms with Crippen LogP contribution >= 0.6 is 0 Å². The van der Waals surface area contributed by atoms with Gasteiger partial charge in [0.2, 0.25) is 5.78 Å². The molecule has 2 aromatic rings. The van der Waals surface area contributed by atoms with Crippen LogP contribution in [-0.2, 0) is 14.3 Å². The van der Waals surface area contributed by atoms with E-state index in [2.05, 4.69) is 15.8 Å². The molecule has 2 N–H and O–H groups in total. The minimum Gasteiger partial charge on any atom is -0.444 e. The van der Waals surface area contributed by atoms with E-state index in [1.165, 1.54) is 0 Å². The number of amides is 3. The van der Waals surface area contributed by atoms with Crippen LogP contribution < -0.4 is 10.6 Å². The van der Waals surface area contributed by atoms with Gasteiger partial charge >= 0.3 is 6.09 Å². The summed E-state index contributed by atoms with van der Waals surface area (Å²) in [7, 11) is 0. The molecule has 1 saturated heterocycles. The normalized spacial score (nSPS) is 18.1. The number of carbonyl (C=O) groups excluding carboxylic acids is 4. The molecule has 200 valence electrons. The van der Waals surface area contributed by atoms with Crippen LogP contribution in [0, 0.1) is 12.3 Å². The lowest BCUT2D eigenvalue weighted by Gasteiger charge is -2.26. The van der Waals surface area contributed by atoms with Gasteiger partial charge in [0.15, 0.2) is 5.69 Å². The zero-order valence-electron chi connectivity index (χ0n) is 22.1. The number of hydrogen-bond acceptors (Lipinski definition) is 7. The number of carbonyl (C=O) groups is 4. The average Bonchev–Trinajstić information content (AvgIpc) is 3.43. The van der Waals surface area contributed by atoms with Crippen molar-refractivity contribution in [2.24, 2.45) is 5.41 Å². The highest BCUT2D eigenvalue weighted by atomic mass is 16.6. The minimum absolute atomic E-state index is 0.174. The van der Waals surface area contributed by atoms with E-state index < -0.39 is 35.3 Å². The van der Waals surface area contributed by atoms with Gasteiger partial charge < -0.3 is 24.8 Å². The molecule has 3 rings (SSSR count). The van der Waals surface area contributed by atoms with E-state index in [0.29, 0.717) is 25.1 Å². The van der Waals surface area contributed by atoms with Crippen LogP contribution in [0.1, 0.15) is 74.8 Å². The van der Waals surface area contributed by atoms with E-state index in [1.807, 2.05) is 51.1 Å². The van der Waals surface area contributed by atoms with Crippen molar-refractivity contribution in [1.82, 2.24) is 20.7 Å². The lowest BCUT2D eigenvalue weighted by Crippen LogP contribution is -2.49. The SMILES string of the molecule is CCCC[C@H](NC(=O)O[C@@H]1CN(C(=O)c2cc(C)on2)CC1(C)C)C(=O)C(=O)N[C@H](C)c1ccccc1. The molecule has 0 aliphatic carbocycles. The Morgan fingerprint density at radius 1 is 1.19 bits per heavy atom. The van der Waals surface area contributed by atoms with E-state index >= 15 is 0 Å². The molecule has 0 bridgehead atoms. The predicted octanol–water partition coefficient (Wildman–Crippen LogP) is 3.57. The summed E-state index contributed by atoms with van der Waals surface area (Å²) in [4.78, 5) is 52.9. The largest absolute Gasteiger partial charge is 0.444 e. The molecule has 3 atom stereocenters. The topological polar surface area (TPSA) is 131 Å². The number of likely N-dealkylation sites (tertiary alicyclic amines) is 1. The average molecular weight is 513 g/mol. The molecule has 1 aromatic carbocycles. The highest BCUT2D eigenvalue weighted by molar-refractivity contribution is 6.38. The first-order chi connectivity index (χ1) is 17.5. The summed E-state index contributed by atoms with van der Waals surface area (Å²) in [5, 5.41) is 9.07. The van der Waals surface area contributed by atoms with Crippen molar-refractivity contribution in [1.29, 1.82) is 0 Å². The Labute approximate surface area is 217 Å². The Kier molecular flexibility index (Phi) is 9.07. The highest BCUT2D eigenvalue weighted by Gasteiger charge is 2.45. The molecule has 10 nitrogen and oxygen atoms in total. The monoisotopic (exact) mass is 512 g/mol. The maximum absolute atomic E-state index is 13.0. The summed E-state index contributed by atoms with van der Waals surface area (Å²) in [6.45, 7) is 9.77. The number of aryl methyl sites for hydroxylation is 1. The third kappa shape index (κ3) is 7.18. The minimum atomic E-state index is -1.02. The van der Waals surface area contributed by atoms with Gasteiger partial charge in [0, 0.05) is 18.0 Å². The first-order valence-corrected chi connectivity index (χ1v) is 12.6. The van der Waals surface area contributed by atoms with Gasteiger partial charge in [-0.2, -0.15) is 0 Å². The fourth-order valence-corrected chi connectivity index (χ4v) is 4.32. The van der Waals surface area contributed by atoms with Crippen molar-refractivity contribution in [2.45, 2.75) is 72.1 Å². The maximum Gasteiger partial charge on any atom is 0.408 e. The van der Waals surface area contributed by atoms with E-state index in [-0.39, 0.29) is 24.2 Å². The standard InChI is InChI=1S/C27H36N4O6/c1-6-7-13-20(23(32)24(33)28-18(3)19-11-9-8-10-12-19)29-26(35)36-22-15-31(16-27(22,4)5)25(34)21-14-17(2)37-30-21/h8-12,14,18,20,22H,6-7,13,15-16H2,1-5H3,(H,28,33)(H,29,35)/t18-,20+,22-/m1/s1. The second-order valence-electron chi connectivity index (χ2n) is 10.2. The molecule has 0 saturated carbocycles. The molecular weight excluding hydrogens is 476 g/mol. The third-order valence-corrected chi connectivity index (χ3v) is 6.57. The van der Waals surface area contributed by atoms with Crippen LogP contribution in [-0.4, -0.2) is 59.0 Å². The number of ketones is 1. The van der Waals surface area contributed by atoms with E-state index in [4.69, 9.17) is 9.26 Å². The van der Waals surface area contributed by atoms with Gasteiger partial charge in [-0.05, 0) is 25.8 Å². The number of rotatable bonds is 10. The van der Waals surface area contributed by atoms with Crippen molar-refractivity contribution in [3.05, 3.63) is 53.4 Å². The van der Waals surface area contributed by atoms with Crippen LogP contribution in [0.25, 0.3) is 0 Å². The Bertz CT molecular complexity index is 1110. The molecule has 0 unspecified atom stereocenters. The van der Waals surface area contributed by atoms with Gasteiger partial charge in [0.1, 0.15) is 17.9 Å². The van der Waals surface area contributed by atoms with Gasteiger partial charge in [-0.1, -0.05) is 69.1 Å². The Balaban J connectivity index is 1.61. The van der Waals surface area contributed by atoms with Gasteiger partial charge in [0.25, 0.3) is 11.8 Å². The second-order valence-corrected chi connectivity index (χ2v) is 10.2. The lowest BCUT2D eigenvalue weighted by atomic mass is 9.90.